The number of methoxy groups -OCH3 is 1. The summed E-state index contributed by atoms with van der Waals surface area (Å²) in [5.41, 5.74) is 3.61. The summed E-state index contributed by atoms with van der Waals surface area (Å²) in [7, 11) is 1.60. The summed E-state index contributed by atoms with van der Waals surface area (Å²) < 4.78 is 5.22. The normalized spacial score (nSPS) is 12.4. The molecular weight excluding hydrogens is 240 g/mol. The molecule has 0 amide bonds. The smallest absolute Gasteiger partial charge is 0.237 e. The lowest BCUT2D eigenvalue weighted by atomic mass is 10.0. The molecule has 1 rings (SSSR count). The van der Waals surface area contributed by atoms with Gasteiger partial charge in [-0.3, -0.25) is 16.3 Å². The van der Waals surface area contributed by atoms with Gasteiger partial charge in [0, 0.05) is 12.4 Å². The first-order valence-corrected chi connectivity index (χ1v) is 7.14. The fourth-order valence-electron chi connectivity index (χ4n) is 2.16. The summed E-state index contributed by atoms with van der Waals surface area (Å²) in [5.74, 6) is 6.17. The molecule has 0 aliphatic carbocycles. The standard InChI is InChI=1S/C14H26N4O/c1-3-4-5-6-7-8-9-12(18-15)13-14(19-2)17-11-10-16-13/h10-12,18H,3-9,15H2,1-2H3. The Morgan fingerprint density at radius 2 is 1.84 bits per heavy atom. The highest BCUT2D eigenvalue weighted by Crippen LogP contribution is 2.24. The lowest BCUT2D eigenvalue weighted by Crippen LogP contribution is -2.29. The Kier molecular flexibility index (Phi) is 8.09. The molecule has 1 aromatic rings. The van der Waals surface area contributed by atoms with Crippen molar-refractivity contribution in [3.8, 4) is 5.88 Å². The van der Waals surface area contributed by atoms with Crippen LogP contribution in [0.5, 0.6) is 5.88 Å². The maximum Gasteiger partial charge on any atom is 0.237 e. The molecule has 0 bridgehead atoms. The summed E-state index contributed by atoms with van der Waals surface area (Å²) in [5, 5.41) is 0. The van der Waals surface area contributed by atoms with Gasteiger partial charge >= 0.3 is 0 Å². The lowest BCUT2D eigenvalue weighted by Gasteiger charge is -2.16. The lowest BCUT2D eigenvalue weighted by molar-refractivity contribution is 0.371. The zero-order valence-electron chi connectivity index (χ0n) is 12.1. The van der Waals surface area contributed by atoms with Gasteiger partial charge in [-0.15, -0.1) is 0 Å². The molecule has 1 atom stereocenters. The van der Waals surface area contributed by atoms with Gasteiger partial charge in [0.2, 0.25) is 5.88 Å². The van der Waals surface area contributed by atoms with Crippen molar-refractivity contribution in [1.29, 1.82) is 0 Å². The predicted molar refractivity (Wildman–Crippen MR) is 76.6 cm³/mol. The predicted octanol–water partition coefficient (Wildman–Crippen LogP) is 2.74. The van der Waals surface area contributed by atoms with Crippen molar-refractivity contribution in [3.05, 3.63) is 18.1 Å². The van der Waals surface area contributed by atoms with Crippen LogP contribution >= 0.6 is 0 Å². The molecule has 0 saturated carbocycles. The zero-order chi connectivity index (χ0) is 13.9. The van der Waals surface area contributed by atoms with Gasteiger partial charge in [-0.25, -0.2) is 4.98 Å². The molecule has 0 spiro atoms. The van der Waals surface area contributed by atoms with Gasteiger partial charge in [0.25, 0.3) is 0 Å². The molecule has 0 aliphatic heterocycles. The number of hydrazine groups is 1. The number of nitrogens with one attached hydrogen (secondary N) is 1. The fourth-order valence-corrected chi connectivity index (χ4v) is 2.16. The number of ether oxygens (including phenoxy) is 1. The zero-order valence-corrected chi connectivity index (χ0v) is 12.1. The molecular formula is C14H26N4O. The van der Waals surface area contributed by atoms with E-state index in [9.17, 15) is 0 Å². The van der Waals surface area contributed by atoms with Crippen LogP contribution in [0.3, 0.4) is 0 Å². The third kappa shape index (κ3) is 5.53. The number of rotatable bonds is 10. The minimum Gasteiger partial charge on any atom is -0.480 e. The summed E-state index contributed by atoms with van der Waals surface area (Å²) in [6.07, 6.45) is 11.9. The van der Waals surface area contributed by atoms with Crippen LogP contribution in [0.1, 0.15) is 63.6 Å². The Balaban J connectivity index is 2.40. The number of hydrogen-bond acceptors (Lipinski definition) is 5. The van der Waals surface area contributed by atoms with E-state index >= 15 is 0 Å². The van der Waals surface area contributed by atoms with Crippen molar-refractivity contribution >= 4 is 0 Å². The topological polar surface area (TPSA) is 73.1 Å². The fraction of sp³-hybridized carbons (Fsp3) is 0.714. The second kappa shape index (κ2) is 9.69. The second-order valence-corrected chi connectivity index (χ2v) is 4.73. The Bertz CT molecular complexity index is 346. The molecule has 1 aromatic heterocycles. The Hall–Kier alpha value is -1.20. The van der Waals surface area contributed by atoms with Gasteiger partial charge in [-0.1, -0.05) is 45.4 Å². The van der Waals surface area contributed by atoms with E-state index in [1.165, 1.54) is 32.1 Å². The number of aromatic nitrogens is 2. The largest absolute Gasteiger partial charge is 0.480 e. The molecule has 5 heteroatoms. The Labute approximate surface area is 115 Å². The Morgan fingerprint density at radius 3 is 2.53 bits per heavy atom. The summed E-state index contributed by atoms with van der Waals surface area (Å²) >= 11 is 0. The SMILES string of the molecule is CCCCCCCCC(NN)c1nccnc1OC. The molecule has 3 N–H and O–H groups in total. The van der Waals surface area contributed by atoms with Crippen LogP contribution in [0.15, 0.2) is 12.4 Å². The summed E-state index contributed by atoms with van der Waals surface area (Å²) in [4.78, 5) is 8.47. The first kappa shape index (κ1) is 15.9. The van der Waals surface area contributed by atoms with Gasteiger partial charge in [-0.2, -0.15) is 0 Å². The quantitative estimate of drug-likeness (QED) is 0.387. The third-order valence-electron chi connectivity index (χ3n) is 3.26. The van der Waals surface area contributed by atoms with Crippen molar-refractivity contribution in [2.24, 2.45) is 5.84 Å². The van der Waals surface area contributed by atoms with Crippen LogP contribution in [-0.2, 0) is 0 Å². The average Bonchev–Trinajstić information content (AvgIpc) is 2.47. The van der Waals surface area contributed by atoms with Gasteiger partial charge in [-0.05, 0) is 6.42 Å². The van der Waals surface area contributed by atoms with E-state index in [1.807, 2.05) is 0 Å². The first-order valence-electron chi connectivity index (χ1n) is 7.14. The van der Waals surface area contributed by atoms with E-state index in [0.717, 1.165) is 18.5 Å². The highest BCUT2D eigenvalue weighted by atomic mass is 16.5. The molecule has 0 aromatic carbocycles. The molecule has 5 nitrogen and oxygen atoms in total. The minimum atomic E-state index is 0.00910. The van der Waals surface area contributed by atoms with Crippen LogP contribution in [0.2, 0.25) is 0 Å². The van der Waals surface area contributed by atoms with Crippen molar-refractivity contribution in [3.63, 3.8) is 0 Å². The molecule has 0 aliphatic rings. The van der Waals surface area contributed by atoms with E-state index < -0.39 is 0 Å². The molecule has 108 valence electrons. The van der Waals surface area contributed by atoms with Crippen molar-refractivity contribution in [2.75, 3.05) is 7.11 Å². The summed E-state index contributed by atoms with van der Waals surface area (Å²) in [6, 6.07) is 0.00910. The Morgan fingerprint density at radius 1 is 1.16 bits per heavy atom. The van der Waals surface area contributed by atoms with Crippen molar-refractivity contribution < 1.29 is 4.74 Å². The highest BCUT2D eigenvalue weighted by Gasteiger charge is 2.16. The van der Waals surface area contributed by atoms with E-state index in [4.69, 9.17) is 10.6 Å². The van der Waals surface area contributed by atoms with Crippen LogP contribution in [0.25, 0.3) is 0 Å². The molecule has 1 heterocycles. The second-order valence-electron chi connectivity index (χ2n) is 4.73. The first-order chi connectivity index (χ1) is 9.33. The summed E-state index contributed by atoms with van der Waals surface area (Å²) in [6.45, 7) is 2.23. The van der Waals surface area contributed by atoms with Crippen molar-refractivity contribution in [1.82, 2.24) is 15.4 Å². The van der Waals surface area contributed by atoms with Crippen LogP contribution < -0.4 is 16.0 Å². The number of nitrogens with two attached hydrogens (primary N) is 1. The van der Waals surface area contributed by atoms with Crippen molar-refractivity contribution in [2.45, 2.75) is 57.9 Å². The molecule has 1 unspecified atom stereocenters. The highest BCUT2D eigenvalue weighted by molar-refractivity contribution is 5.20. The molecule has 19 heavy (non-hydrogen) atoms. The number of nitrogens with zero attached hydrogens (tertiary/aromatic N) is 2. The van der Waals surface area contributed by atoms with E-state index in [-0.39, 0.29) is 6.04 Å². The maximum atomic E-state index is 5.62. The van der Waals surface area contributed by atoms with Gasteiger partial charge in [0.15, 0.2) is 0 Å². The van der Waals surface area contributed by atoms with Gasteiger partial charge in [0.1, 0.15) is 5.69 Å². The van der Waals surface area contributed by atoms with E-state index in [0.29, 0.717) is 5.88 Å². The van der Waals surface area contributed by atoms with Crippen LogP contribution in [0, 0.1) is 0 Å². The molecule has 0 fully saturated rings. The molecule has 0 radical (unpaired) electrons. The van der Waals surface area contributed by atoms with E-state index in [1.54, 1.807) is 19.5 Å². The average molecular weight is 266 g/mol. The van der Waals surface area contributed by atoms with Crippen LogP contribution in [0.4, 0.5) is 0 Å². The van der Waals surface area contributed by atoms with Gasteiger partial charge in [0.05, 0.1) is 13.2 Å². The number of unbranched alkanes of at least 4 members (excludes halogenated alkanes) is 5. The van der Waals surface area contributed by atoms with Gasteiger partial charge < -0.3 is 4.74 Å². The van der Waals surface area contributed by atoms with Crippen LogP contribution in [-0.4, -0.2) is 17.1 Å². The van der Waals surface area contributed by atoms with E-state index in [2.05, 4.69) is 22.3 Å². The third-order valence-corrected chi connectivity index (χ3v) is 3.26. The number of hydrogen-bond donors (Lipinski definition) is 2. The minimum absolute atomic E-state index is 0.00910. The monoisotopic (exact) mass is 266 g/mol. The molecule has 0 saturated heterocycles. The maximum absolute atomic E-state index is 5.62.